The van der Waals surface area contributed by atoms with Crippen LogP contribution in [0.25, 0.3) is 0 Å². The van der Waals surface area contributed by atoms with Crippen molar-refractivity contribution in [3.63, 3.8) is 0 Å². The third-order valence-electron chi connectivity index (χ3n) is 0.764. The molecular formula is C6H8ClFO3. The summed E-state index contributed by atoms with van der Waals surface area (Å²) in [7, 11) is 0. The summed E-state index contributed by atoms with van der Waals surface area (Å²) < 4.78 is 16.1. The van der Waals surface area contributed by atoms with Crippen LogP contribution in [0.4, 0.5) is 4.39 Å². The number of rotatable bonds is 4. The van der Waals surface area contributed by atoms with Crippen LogP contribution in [0.15, 0.2) is 0 Å². The normalized spacial score (nSPS) is 12.3. The molecule has 0 radical (unpaired) electrons. The number of carbonyl (C=O) groups is 2. The minimum Gasteiger partial charge on any atom is -0.461 e. The van der Waals surface area contributed by atoms with Crippen molar-refractivity contribution in [2.45, 2.75) is 19.0 Å². The Morgan fingerprint density at radius 2 is 2.18 bits per heavy atom. The highest BCUT2D eigenvalue weighted by Crippen LogP contribution is 1.98. The Hall–Kier alpha value is -0.640. The first-order valence-corrected chi connectivity index (χ1v) is 3.39. The fourth-order valence-electron chi connectivity index (χ4n) is 0.410. The number of alkyl halides is 2. The zero-order chi connectivity index (χ0) is 8.85. The van der Waals surface area contributed by atoms with Crippen LogP contribution in [0.2, 0.25) is 0 Å². The van der Waals surface area contributed by atoms with Crippen LogP contribution < -0.4 is 0 Å². The zero-order valence-corrected chi connectivity index (χ0v) is 6.73. The standard InChI is InChI=1S/C6H8ClFO3/c1-4(9)2-6(10)11-3-5(7)8/h5H,2-3H2,1H3. The lowest BCUT2D eigenvalue weighted by molar-refractivity contribution is -0.146. The summed E-state index contributed by atoms with van der Waals surface area (Å²) in [6.07, 6.45) is -0.330. The lowest BCUT2D eigenvalue weighted by Gasteiger charge is -2.01. The summed E-state index contributed by atoms with van der Waals surface area (Å²) >= 11 is 4.83. The van der Waals surface area contributed by atoms with Gasteiger partial charge in [0.15, 0.2) is 0 Å². The van der Waals surface area contributed by atoms with Gasteiger partial charge in [-0.1, -0.05) is 11.6 Å². The highest BCUT2D eigenvalue weighted by atomic mass is 35.5. The van der Waals surface area contributed by atoms with Gasteiger partial charge in [-0.15, -0.1) is 0 Å². The van der Waals surface area contributed by atoms with Crippen molar-refractivity contribution < 1.29 is 18.7 Å². The van der Waals surface area contributed by atoms with Crippen molar-refractivity contribution in [2.75, 3.05) is 6.61 Å². The molecule has 0 aromatic rings. The van der Waals surface area contributed by atoms with E-state index in [1.54, 1.807) is 0 Å². The molecule has 0 aromatic heterocycles. The average Bonchev–Trinajstić information content (AvgIpc) is 1.82. The van der Waals surface area contributed by atoms with E-state index in [-0.39, 0.29) is 12.2 Å². The molecule has 0 heterocycles. The maximum absolute atomic E-state index is 11.8. The number of halogens is 2. The predicted octanol–water partition coefficient (Wildman–Crippen LogP) is 1.04. The Balaban J connectivity index is 3.46. The van der Waals surface area contributed by atoms with Crippen LogP contribution >= 0.6 is 11.6 Å². The van der Waals surface area contributed by atoms with E-state index in [0.29, 0.717) is 0 Å². The molecule has 0 aromatic carbocycles. The molecular weight excluding hydrogens is 175 g/mol. The average molecular weight is 183 g/mol. The van der Waals surface area contributed by atoms with Gasteiger partial charge in [-0.25, -0.2) is 4.39 Å². The molecule has 1 atom stereocenters. The van der Waals surface area contributed by atoms with E-state index >= 15 is 0 Å². The number of hydrogen-bond acceptors (Lipinski definition) is 3. The quantitative estimate of drug-likeness (QED) is 0.371. The summed E-state index contributed by atoms with van der Waals surface area (Å²) in [6, 6.07) is 0. The van der Waals surface area contributed by atoms with Gasteiger partial charge in [0.05, 0.1) is 0 Å². The van der Waals surface area contributed by atoms with Crippen molar-refractivity contribution in [2.24, 2.45) is 0 Å². The van der Waals surface area contributed by atoms with Gasteiger partial charge < -0.3 is 4.74 Å². The molecule has 0 spiro atoms. The summed E-state index contributed by atoms with van der Waals surface area (Å²) in [5.74, 6) is -1.07. The third-order valence-corrected chi connectivity index (χ3v) is 0.890. The Kier molecular flexibility index (Phi) is 4.77. The van der Waals surface area contributed by atoms with Crippen LogP contribution in [0.5, 0.6) is 0 Å². The Labute approximate surface area is 68.5 Å². The fraction of sp³-hybridized carbons (Fsp3) is 0.667. The number of ether oxygens (including phenoxy) is 1. The maximum atomic E-state index is 11.8. The second-order valence-electron chi connectivity index (χ2n) is 1.95. The SMILES string of the molecule is CC(=O)CC(=O)OCC(F)Cl. The Morgan fingerprint density at radius 3 is 2.55 bits per heavy atom. The lowest BCUT2D eigenvalue weighted by atomic mass is 10.3. The number of esters is 1. The van der Waals surface area contributed by atoms with E-state index in [4.69, 9.17) is 11.6 Å². The molecule has 0 aliphatic heterocycles. The number of ketones is 1. The van der Waals surface area contributed by atoms with Crippen molar-refractivity contribution in [3.05, 3.63) is 0 Å². The van der Waals surface area contributed by atoms with Crippen molar-refractivity contribution >= 4 is 23.4 Å². The topological polar surface area (TPSA) is 43.4 Å². The van der Waals surface area contributed by atoms with Crippen molar-refractivity contribution in [1.29, 1.82) is 0 Å². The largest absolute Gasteiger partial charge is 0.461 e. The molecule has 0 amide bonds. The Bertz CT molecular complexity index is 158. The van der Waals surface area contributed by atoms with E-state index in [0.717, 1.165) is 0 Å². The van der Waals surface area contributed by atoms with Gasteiger partial charge in [-0.2, -0.15) is 0 Å². The second-order valence-corrected chi connectivity index (χ2v) is 2.43. The lowest BCUT2D eigenvalue weighted by Crippen LogP contribution is -2.13. The molecule has 11 heavy (non-hydrogen) atoms. The van der Waals surface area contributed by atoms with Crippen molar-refractivity contribution in [3.8, 4) is 0 Å². The molecule has 5 heteroatoms. The summed E-state index contributed by atoms with van der Waals surface area (Å²) in [5.41, 5.74) is -1.70. The minimum absolute atomic E-state index is 0.319. The monoisotopic (exact) mass is 182 g/mol. The molecule has 0 saturated carbocycles. The van der Waals surface area contributed by atoms with Crippen molar-refractivity contribution in [1.82, 2.24) is 0 Å². The predicted molar refractivity (Wildman–Crippen MR) is 37.0 cm³/mol. The fourth-order valence-corrected chi connectivity index (χ4v) is 0.473. The van der Waals surface area contributed by atoms with Crippen LogP contribution in [-0.4, -0.2) is 24.0 Å². The first kappa shape index (κ1) is 10.4. The third kappa shape index (κ3) is 7.25. The van der Waals surface area contributed by atoms with Gasteiger partial charge >= 0.3 is 5.97 Å². The Morgan fingerprint density at radius 1 is 1.64 bits per heavy atom. The van der Waals surface area contributed by atoms with Gasteiger partial charge in [0.25, 0.3) is 0 Å². The summed E-state index contributed by atoms with van der Waals surface area (Å²) in [5, 5.41) is 0. The highest BCUT2D eigenvalue weighted by molar-refractivity contribution is 6.19. The molecule has 0 fully saturated rings. The van der Waals surface area contributed by atoms with E-state index in [2.05, 4.69) is 4.74 Å². The highest BCUT2D eigenvalue weighted by Gasteiger charge is 2.08. The summed E-state index contributed by atoms with van der Waals surface area (Å²) in [6.45, 7) is 0.739. The van der Waals surface area contributed by atoms with E-state index < -0.39 is 18.2 Å². The molecule has 64 valence electrons. The molecule has 3 nitrogen and oxygen atoms in total. The number of carbonyl (C=O) groups excluding carboxylic acids is 2. The molecule has 0 rings (SSSR count). The smallest absolute Gasteiger partial charge is 0.313 e. The van der Waals surface area contributed by atoms with Gasteiger partial charge in [0, 0.05) is 0 Å². The second kappa shape index (κ2) is 5.07. The first-order chi connectivity index (χ1) is 5.02. The molecule has 0 aliphatic rings. The van der Waals surface area contributed by atoms with Gasteiger partial charge in [-0.05, 0) is 6.92 Å². The van der Waals surface area contributed by atoms with E-state index in [1.165, 1.54) is 6.92 Å². The van der Waals surface area contributed by atoms with E-state index in [9.17, 15) is 14.0 Å². The van der Waals surface area contributed by atoms with Gasteiger partial charge in [0.2, 0.25) is 5.63 Å². The van der Waals surface area contributed by atoms with Gasteiger partial charge in [0.1, 0.15) is 18.8 Å². The van der Waals surface area contributed by atoms with Crippen LogP contribution in [0.3, 0.4) is 0 Å². The molecule has 0 bridgehead atoms. The molecule has 0 aliphatic carbocycles. The van der Waals surface area contributed by atoms with Crippen LogP contribution in [-0.2, 0) is 14.3 Å². The molecule has 0 N–H and O–H groups in total. The molecule has 1 unspecified atom stereocenters. The van der Waals surface area contributed by atoms with Gasteiger partial charge in [-0.3, -0.25) is 9.59 Å². The number of Topliss-reactive ketones (excluding diaryl/α,β-unsaturated/α-hetero) is 1. The first-order valence-electron chi connectivity index (χ1n) is 2.95. The summed E-state index contributed by atoms with van der Waals surface area (Å²) in [4.78, 5) is 20.8. The number of hydrogen-bond donors (Lipinski definition) is 0. The van der Waals surface area contributed by atoms with Crippen LogP contribution in [0, 0.1) is 0 Å². The van der Waals surface area contributed by atoms with Crippen LogP contribution in [0.1, 0.15) is 13.3 Å². The maximum Gasteiger partial charge on any atom is 0.313 e. The minimum atomic E-state index is -1.70. The van der Waals surface area contributed by atoms with E-state index in [1.807, 2.05) is 0 Å². The molecule has 0 saturated heterocycles. The zero-order valence-electron chi connectivity index (χ0n) is 5.97.